The fraction of sp³-hybridized carbons (Fsp3) is 0.375. The Balaban J connectivity index is 1.62. The second-order valence-electron chi connectivity index (χ2n) is 5.15. The Bertz CT molecular complexity index is 615. The molecule has 5 heteroatoms. The van der Waals surface area contributed by atoms with Gasteiger partial charge < -0.3 is 15.4 Å². The summed E-state index contributed by atoms with van der Waals surface area (Å²) in [6.07, 6.45) is 4.32. The van der Waals surface area contributed by atoms with E-state index in [-0.39, 0.29) is 0 Å². The number of fused-ring (bicyclic) bond motifs is 1. The molecule has 0 aliphatic carbocycles. The zero-order chi connectivity index (χ0) is 14.5. The number of hydrogen-bond acceptors (Lipinski definition) is 5. The van der Waals surface area contributed by atoms with E-state index in [0.717, 1.165) is 31.9 Å². The van der Waals surface area contributed by atoms with E-state index in [0.29, 0.717) is 12.5 Å². The van der Waals surface area contributed by atoms with E-state index >= 15 is 0 Å². The van der Waals surface area contributed by atoms with Crippen LogP contribution in [0, 0.1) is 0 Å². The summed E-state index contributed by atoms with van der Waals surface area (Å²) in [6.45, 7) is 5.40. The van der Waals surface area contributed by atoms with Gasteiger partial charge in [-0.2, -0.15) is 4.98 Å². The number of benzene rings is 1. The van der Waals surface area contributed by atoms with Gasteiger partial charge in [0.15, 0.2) is 0 Å². The van der Waals surface area contributed by atoms with Gasteiger partial charge in [0.1, 0.15) is 5.82 Å². The van der Waals surface area contributed by atoms with Gasteiger partial charge in [0.25, 0.3) is 0 Å². The molecule has 0 saturated heterocycles. The van der Waals surface area contributed by atoms with E-state index in [2.05, 4.69) is 45.7 Å². The topological polar surface area (TPSA) is 59.1 Å². The van der Waals surface area contributed by atoms with Crippen molar-refractivity contribution in [2.75, 3.05) is 11.9 Å². The molecule has 1 aromatic carbocycles. The summed E-state index contributed by atoms with van der Waals surface area (Å²) in [5.74, 6) is 1.31. The molecule has 110 valence electrons. The van der Waals surface area contributed by atoms with Crippen LogP contribution in [0.4, 0.5) is 5.82 Å². The zero-order valence-corrected chi connectivity index (χ0v) is 12.2. The Morgan fingerprint density at radius 1 is 1.24 bits per heavy atom. The normalized spacial score (nSPS) is 13.0. The van der Waals surface area contributed by atoms with Crippen LogP contribution < -0.4 is 15.4 Å². The molecule has 0 bridgehead atoms. The van der Waals surface area contributed by atoms with Gasteiger partial charge in [-0.15, -0.1) is 0 Å². The number of ether oxygens (including phenoxy) is 1. The number of aromatic nitrogens is 2. The molecule has 2 aromatic rings. The molecule has 2 heterocycles. The Hall–Kier alpha value is -2.14. The average Bonchev–Trinajstić information content (AvgIpc) is 2.99. The second kappa shape index (κ2) is 6.54. The molecular weight excluding hydrogens is 264 g/mol. The van der Waals surface area contributed by atoms with Gasteiger partial charge in [0.2, 0.25) is 5.88 Å². The van der Waals surface area contributed by atoms with Crippen LogP contribution >= 0.6 is 0 Å². The predicted octanol–water partition coefficient (Wildman–Crippen LogP) is 2.48. The molecule has 0 unspecified atom stereocenters. The monoisotopic (exact) mass is 284 g/mol. The smallest absolute Gasteiger partial charge is 0.234 e. The highest BCUT2D eigenvalue weighted by Crippen LogP contribution is 2.18. The van der Waals surface area contributed by atoms with E-state index in [1.807, 2.05) is 0 Å². The quantitative estimate of drug-likeness (QED) is 0.853. The maximum absolute atomic E-state index is 5.49. The lowest BCUT2D eigenvalue weighted by atomic mass is 10.1. The number of rotatable bonds is 6. The minimum Gasteiger partial charge on any atom is -0.477 e. The van der Waals surface area contributed by atoms with Crippen molar-refractivity contribution in [2.45, 2.75) is 33.0 Å². The highest BCUT2D eigenvalue weighted by molar-refractivity contribution is 5.38. The summed E-state index contributed by atoms with van der Waals surface area (Å²) in [5.41, 5.74) is 4.04. The van der Waals surface area contributed by atoms with Gasteiger partial charge in [-0.3, -0.25) is 4.98 Å². The first-order valence-corrected chi connectivity index (χ1v) is 7.35. The largest absolute Gasteiger partial charge is 0.477 e. The number of anilines is 1. The van der Waals surface area contributed by atoms with Crippen molar-refractivity contribution in [3.05, 3.63) is 47.3 Å². The summed E-state index contributed by atoms with van der Waals surface area (Å²) >= 11 is 0. The van der Waals surface area contributed by atoms with Crippen LogP contribution in [0.25, 0.3) is 0 Å². The van der Waals surface area contributed by atoms with Crippen LogP contribution in [0.1, 0.15) is 30.0 Å². The molecule has 0 fully saturated rings. The number of nitrogens with zero attached hydrogens (tertiary/aromatic N) is 2. The fourth-order valence-corrected chi connectivity index (χ4v) is 2.36. The van der Waals surface area contributed by atoms with Crippen molar-refractivity contribution in [3.63, 3.8) is 0 Å². The van der Waals surface area contributed by atoms with Crippen LogP contribution in [-0.4, -0.2) is 16.6 Å². The van der Waals surface area contributed by atoms with Gasteiger partial charge >= 0.3 is 0 Å². The standard InChI is InChI=1S/C16H20N4O/c1-2-5-21-16-11-18-10-15(20-16)19-7-12-3-4-13-8-17-9-14(13)6-12/h3-4,6,10-11,17H,2,5,7-9H2,1H3,(H,19,20). The molecule has 0 amide bonds. The molecule has 3 rings (SSSR count). The van der Waals surface area contributed by atoms with Crippen molar-refractivity contribution < 1.29 is 4.74 Å². The molecule has 1 aromatic heterocycles. The van der Waals surface area contributed by atoms with E-state index in [9.17, 15) is 0 Å². The first-order valence-electron chi connectivity index (χ1n) is 7.35. The Kier molecular flexibility index (Phi) is 4.31. The predicted molar refractivity (Wildman–Crippen MR) is 82.1 cm³/mol. The third-order valence-electron chi connectivity index (χ3n) is 3.44. The molecule has 1 aliphatic heterocycles. The third-order valence-corrected chi connectivity index (χ3v) is 3.44. The minimum absolute atomic E-state index is 0.569. The fourth-order valence-electron chi connectivity index (χ4n) is 2.36. The first kappa shape index (κ1) is 13.8. The van der Waals surface area contributed by atoms with Gasteiger partial charge in [-0.25, -0.2) is 0 Å². The number of hydrogen-bond donors (Lipinski definition) is 2. The van der Waals surface area contributed by atoms with Gasteiger partial charge in [-0.05, 0) is 23.1 Å². The highest BCUT2D eigenvalue weighted by atomic mass is 16.5. The van der Waals surface area contributed by atoms with Crippen molar-refractivity contribution in [1.29, 1.82) is 0 Å². The van der Waals surface area contributed by atoms with Gasteiger partial charge in [-0.1, -0.05) is 25.1 Å². The third kappa shape index (κ3) is 3.49. The Morgan fingerprint density at radius 3 is 3.05 bits per heavy atom. The molecule has 0 saturated carbocycles. The van der Waals surface area contributed by atoms with Crippen molar-refractivity contribution in [2.24, 2.45) is 0 Å². The van der Waals surface area contributed by atoms with Crippen molar-refractivity contribution in [3.8, 4) is 5.88 Å². The molecular formula is C16H20N4O. The first-order chi connectivity index (χ1) is 10.3. The maximum Gasteiger partial charge on any atom is 0.234 e. The molecule has 1 aliphatic rings. The van der Waals surface area contributed by atoms with E-state index < -0.39 is 0 Å². The molecule has 0 atom stereocenters. The van der Waals surface area contributed by atoms with E-state index in [1.165, 1.54) is 16.7 Å². The summed E-state index contributed by atoms with van der Waals surface area (Å²) in [5, 5.41) is 6.65. The Labute approximate surface area is 124 Å². The van der Waals surface area contributed by atoms with Crippen LogP contribution in [0.5, 0.6) is 5.88 Å². The SMILES string of the molecule is CCCOc1cncc(NCc2ccc3c(c2)CNC3)n1. The van der Waals surface area contributed by atoms with Gasteiger partial charge in [0.05, 0.1) is 19.0 Å². The van der Waals surface area contributed by atoms with Gasteiger partial charge in [0, 0.05) is 19.6 Å². The molecule has 2 N–H and O–H groups in total. The van der Waals surface area contributed by atoms with Crippen LogP contribution in [0.2, 0.25) is 0 Å². The summed E-state index contributed by atoms with van der Waals surface area (Å²) in [7, 11) is 0. The summed E-state index contributed by atoms with van der Waals surface area (Å²) < 4.78 is 5.49. The zero-order valence-electron chi connectivity index (χ0n) is 12.2. The molecule has 21 heavy (non-hydrogen) atoms. The van der Waals surface area contributed by atoms with Crippen LogP contribution in [0.15, 0.2) is 30.6 Å². The Morgan fingerprint density at radius 2 is 2.14 bits per heavy atom. The maximum atomic E-state index is 5.49. The molecule has 0 radical (unpaired) electrons. The van der Waals surface area contributed by atoms with Crippen molar-refractivity contribution in [1.82, 2.24) is 15.3 Å². The number of nitrogens with one attached hydrogen (secondary N) is 2. The molecule has 0 spiro atoms. The van der Waals surface area contributed by atoms with E-state index in [4.69, 9.17) is 4.74 Å². The average molecular weight is 284 g/mol. The lowest BCUT2D eigenvalue weighted by Crippen LogP contribution is -2.04. The van der Waals surface area contributed by atoms with Crippen LogP contribution in [0.3, 0.4) is 0 Å². The highest BCUT2D eigenvalue weighted by Gasteiger charge is 2.09. The lowest BCUT2D eigenvalue weighted by Gasteiger charge is -2.09. The molecule has 5 nitrogen and oxygen atoms in total. The lowest BCUT2D eigenvalue weighted by molar-refractivity contribution is 0.304. The van der Waals surface area contributed by atoms with Crippen LogP contribution in [-0.2, 0) is 19.6 Å². The van der Waals surface area contributed by atoms with E-state index in [1.54, 1.807) is 12.4 Å². The summed E-state index contributed by atoms with van der Waals surface area (Å²) in [6, 6.07) is 6.59. The second-order valence-corrected chi connectivity index (χ2v) is 5.15. The summed E-state index contributed by atoms with van der Waals surface area (Å²) in [4.78, 5) is 8.54. The van der Waals surface area contributed by atoms with Crippen molar-refractivity contribution >= 4 is 5.82 Å². The minimum atomic E-state index is 0.569.